The van der Waals surface area contributed by atoms with Crippen LogP contribution >= 0.6 is 23.2 Å². The molecule has 130 valence electrons. The van der Waals surface area contributed by atoms with E-state index in [0.29, 0.717) is 0 Å². The average molecular weight is 379 g/mol. The molecule has 5 nitrogen and oxygen atoms in total. The van der Waals surface area contributed by atoms with Crippen LogP contribution in [0.4, 0.5) is 4.79 Å². The second-order valence-electron chi connectivity index (χ2n) is 5.92. The first kappa shape index (κ1) is 17.7. The van der Waals surface area contributed by atoms with Crippen LogP contribution in [0, 0.1) is 0 Å². The summed E-state index contributed by atoms with van der Waals surface area (Å²) >= 11 is 11.8. The largest absolute Gasteiger partial charge is 0.446 e. The van der Waals surface area contributed by atoms with Crippen molar-refractivity contribution in [1.82, 2.24) is 9.88 Å². The van der Waals surface area contributed by atoms with E-state index in [1.165, 1.54) is 4.90 Å². The van der Waals surface area contributed by atoms with Crippen LogP contribution in [0.25, 0.3) is 0 Å². The fraction of sp³-hybridized carbons (Fsp3) is 0.278. The van der Waals surface area contributed by atoms with Crippen molar-refractivity contribution in [2.24, 2.45) is 0 Å². The van der Waals surface area contributed by atoms with Gasteiger partial charge in [-0.1, -0.05) is 60.5 Å². The highest BCUT2D eigenvalue weighted by Crippen LogP contribution is 2.31. The number of cyclic esters (lactones) is 1. The van der Waals surface area contributed by atoms with Crippen molar-refractivity contribution in [3.05, 3.63) is 63.9 Å². The molecule has 2 amide bonds. The van der Waals surface area contributed by atoms with Crippen LogP contribution in [0.3, 0.4) is 0 Å². The third-order valence-corrected chi connectivity index (χ3v) is 4.55. The molecule has 0 aliphatic carbocycles. The molecule has 1 unspecified atom stereocenters. The van der Waals surface area contributed by atoms with Crippen molar-refractivity contribution in [2.75, 3.05) is 6.61 Å². The van der Waals surface area contributed by atoms with Crippen LogP contribution in [0.1, 0.15) is 36.4 Å². The van der Waals surface area contributed by atoms with Gasteiger partial charge in [-0.2, -0.15) is 0 Å². The minimum absolute atomic E-state index is 0.134. The van der Waals surface area contributed by atoms with E-state index < -0.39 is 12.1 Å². The quantitative estimate of drug-likeness (QED) is 0.729. The van der Waals surface area contributed by atoms with Crippen LogP contribution in [-0.2, 0) is 9.53 Å². The number of benzene rings is 1. The smallest absolute Gasteiger partial charge is 0.417 e. The second-order valence-corrected chi connectivity index (χ2v) is 6.69. The molecule has 2 atom stereocenters. The fourth-order valence-electron chi connectivity index (χ4n) is 2.86. The fourth-order valence-corrected chi connectivity index (χ4v) is 3.34. The summed E-state index contributed by atoms with van der Waals surface area (Å²) in [6.45, 7) is 2.04. The van der Waals surface area contributed by atoms with E-state index in [1.54, 1.807) is 12.1 Å². The lowest BCUT2D eigenvalue weighted by atomic mass is 9.97. The lowest BCUT2D eigenvalue weighted by Crippen LogP contribution is -2.34. The van der Waals surface area contributed by atoms with E-state index in [2.05, 4.69) is 4.98 Å². The predicted octanol–water partition coefficient (Wildman–Crippen LogP) is 4.60. The van der Waals surface area contributed by atoms with Gasteiger partial charge in [-0.3, -0.25) is 4.79 Å². The number of carbonyl (C=O) groups excluding carboxylic acids is 2. The standard InChI is InChI=1S/C18H16Cl2N2O3/c1-11(13-8-15(19)21-16(20)9-13)7-17(23)22-14(10-25-18(22)24)12-5-3-2-4-6-12/h2-6,8-9,11,14H,7,10H2,1H3/t11?,14-/m1/s1. The van der Waals surface area contributed by atoms with Gasteiger partial charge in [0.2, 0.25) is 5.91 Å². The summed E-state index contributed by atoms with van der Waals surface area (Å²) < 4.78 is 5.09. The van der Waals surface area contributed by atoms with Crippen molar-refractivity contribution in [3.63, 3.8) is 0 Å². The molecular weight excluding hydrogens is 363 g/mol. The summed E-state index contributed by atoms with van der Waals surface area (Å²) in [7, 11) is 0. The van der Waals surface area contributed by atoms with Crippen molar-refractivity contribution < 1.29 is 14.3 Å². The minimum atomic E-state index is -0.614. The molecule has 0 radical (unpaired) electrons. The summed E-state index contributed by atoms with van der Waals surface area (Å²) in [6.07, 6.45) is -0.480. The average Bonchev–Trinajstić information content (AvgIpc) is 2.96. The molecule has 1 fully saturated rings. The number of imide groups is 1. The molecule has 0 N–H and O–H groups in total. The Morgan fingerprint density at radius 3 is 2.56 bits per heavy atom. The summed E-state index contributed by atoms with van der Waals surface area (Å²) in [6, 6.07) is 12.3. The molecule has 25 heavy (non-hydrogen) atoms. The molecule has 1 aliphatic heterocycles. The molecule has 2 heterocycles. The Hall–Kier alpha value is -2.11. The molecule has 0 saturated carbocycles. The third-order valence-electron chi connectivity index (χ3n) is 4.16. The van der Waals surface area contributed by atoms with Gasteiger partial charge in [0.25, 0.3) is 0 Å². The summed E-state index contributed by atoms with van der Waals surface area (Å²) in [5.74, 6) is -0.469. The van der Waals surface area contributed by atoms with Crippen LogP contribution < -0.4 is 0 Å². The molecule has 1 aliphatic rings. The Kier molecular flexibility index (Phi) is 5.25. The van der Waals surface area contributed by atoms with Crippen LogP contribution in [-0.4, -0.2) is 28.5 Å². The number of amides is 2. The predicted molar refractivity (Wildman–Crippen MR) is 94.7 cm³/mol. The maximum atomic E-state index is 12.7. The van der Waals surface area contributed by atoms with E-state index in [4.69, 9.17) is 27.9 Å². The number of aromatic nitrogens is 1. The monoisotopic (exact) mass is 378 g/mol. The summed E-state index contributed by atoms with van der Waals surface area (Å²) in [4.78, 5) is 29.9. The highest BCUT2D eigenvalue weighted by atomic mass is 35.5. The molecule has 3 rings (SSSR count). The number of carbonyl (C=O) groups is 2. The number of rotatable bonds is 4. The second kappa shape index (κ2) is 7.42. The molecule has 2 aromatic rings. The molecule has 0 spiro atoms. The zero-order chi connectivity index (χ0) is 18.0. The first-order valence-corrected chi connectivity index (χ1v) is 8.58. The molecule has 0 bridgehead atoms. The topological polar surface area (TPSA) is 59.5 Å². The summed E-state index contributed by atoms with van der Waals surface area (Å²) in [5.41, 5.74) is 1.66. The normalized spacial score (nSPS) is 18.1. The molecule has 1 saturated heterocycles. The number of pyridine rings is 1. The Labute approximate surface area is 155 Å². The van der Waals surface area contributed by atoms with Gasteiger partial charge >= 0.3 is 6.09 Å². The lowest BCUT2D eigenvalue weighted by molar-refractivity contribution is -0.129. The van der Waals surface area contributed by atoms with E-state index in [1.807, 2.05) is 37.3 Å². The van der Waals surface area contributed by atoms with Gasteiger partial charge in [-0.25, -0.2) is 14.7 Å². The first-order valence-electron chi connectivity index (χ1n) is 7.82. The van der Waals surface area contributed by atoms with Crippen molar-refractivity contribution in [2.45, 2.75) is 25.3 Å². The van der Waals surface area contributed by atoms with Gasteiger partial charge in [0.1, 0.15) is 23.0 Å². The molecule has 1 aromatic heterocycles. The molecule has 1 aromatic carbocycles. The van der Waals surface area contributed by atoms with Gasteiger partial charge in [-0.15, -0.1) is 0 Å². The molecule has 7 heteroatoms. The van der Waals surface area contributed by atoms with Crippen LogP contribution in [0.5, 0.6) is 0 Å². The number of ether oxygens (including phenoxy) is 1. The third kappa shape index (κ3) is 3.94. The van der Waals surface area contributed by atoms with Gasteiger partial charge in [-0.05, 0) is 29.2 Å². The van der Waals surface area contributed by atoms with Gasteiger partial charge in [0.05, 0.1) is 0 Å². The number of nitrogens with zero attached hydrogens (tertiary/aromatic N) is 2. The minimum Gasteiger partial charge on any atom is -0.446 e. The number of halogens is 2. The Morgan fingerprint density at radius 2 is 1.92 bits per heavy atom. The SMILES string of the molecule is CC(CC(=O)N1C(=O)OC[C@@H]1c1ccccc1)c1cc(Cl)nc(Cl)c1. The molecular formula is C18H16Cl2N2O3. The van der Waals surface area contributed by atoms with Crippen molar-refractivity contribution >= 4 is 35.2 Å². The van der Waals surface area contributed by atoms with Gasteiger partial charge < -0.3 is 4.74 Å². The Morgan fingerprint density at radius 1 is 1.28 bits per heavy atom. The Bertz CT molecular complexity index is 778. The number of hydrogen-bond donors (Lipinski definition) is 0. The van der Waals surface area contributed by atoms with Gasteiger partial charge in [0.15, 0.2) is 0 Å². The summed E-state index contributed by atoms with van der Waals surface area (Å²) in [5, 5.41) is 0.536. The van der Waals surface area contributed by atoms with Crippen LogP contribution in [0.15, 0.2) is 42.5 Å². The lowest BCUT2D eigenvalue weighted by Gasteiger charge is -2.22. The van der Waals surface area contributed by atoms with E-state index in [0.717, 1.165) is 11.1 Å². The van der Waals surface area contributed by atoms with E-state index in [-0.39, 0.29) is 35.2 Å². The maximum absolute atomic E-state index is 12.7. The highest BCUT2D eigenvalue weighted by Gasteiger charge is 2.39. The zero-order valence-corrected chi connectivity index (χ0v) is 15.0. The van der Waals surface area contributed by atoms with Crippen molar-refractivity contribution in [1.29, 1.82) is 0 Å². The van der Waals surface area contributed by atoms with E-state index >= 15 is 0 Å². The van der Waals surface area contributed by atoms with E-state index in [9.17, 15) is 9.59 Å². The number of hydrogen-bond acceptors (Lipinski definition) is 4. The van der Waals surface area contributed by atoms with Crippen LogP contribution in [0.2, 0.25) is 10.3 Å². The first-order chi connectivity index (χ1) is 12.0. The van der Waals surface area contributed by atoms with Gasteiger partial charge in [0, 0.05) is 6.42 Å². The Balaban J connectivity index is 1.78. The maximum Gasteiger partial charge on any atom is 0.417 e. The zero-order valence-electron chi connectivity index (χ0n) is 13.5. The van der Waals surface area contributed by atoms with Crippen molar-refractivity contribution in [3.8, 4) is 0 Å². The highest BCUT2D eigenvalue weighted by molar-refractivity contribution is 6.32.